The molecule has 2 rings (SSSR count). The predicted octanol–water partition coefficient (Wildman–Crippen LogP) is 1.04. The highest BCUT2D eigenvalue weighted by Gasteiger charge is 2.37. The Bertz CT molecular complexity index is 232. The number of nitrogens with one attached hydrogen (secondary N) is 1. The van der Waals surface area contributed by atoms with Crippen molar-refractivity contribution >= 4 is 0 Å². The Balaban J connectivity index is 1.88. The number of ether oxygens (including phenoxy) is 2. The SMILES string of the molecule is CC1CC(CN)(NCC2CCCO2)CC(C)O1. The zero-order chi connectivity index (χ0) is 12.3. The average Bonchev–Trinajstić information content (AvgIpc) is 2.78. The molecule has 0 aromatic heterocycles. The highest BCUT2D eigenvalue weighted by molar-refractivity contribution is 4.96. The normalized spacial score (nSPS) is 42.9. The molecule has 4 nitrogen and oxygen atoms in total. The Kier molecular flexibility index (Phi) is 4.42. The Labute approximate surface area is 104 Å². The van der Waals surface area contributed by atoms with Crippen molar-refractivity contribution in [3.05, 3.63) is 0 Å². The second-order valence-electron chi connectivity index (χ2n) is 5.67. The molecule has 0 saturated carbocycles. The molecule has 0 radical (unpaired) electrons. The third-order valence-corrected chi connectivity index (χ3v) is 3.94. The van der Waals surface area contributed by atoms with E-state index in [1.165, 1.54) is 12.8 Å². The minimum atomic E-state index is 0.0447. The van der Waals surface area contributed by atoms with E-state index in [2.05, 4.69) is 19.2 Å². The van der Waals surface area contributed by atoms with E-state index in [9.17, 15) is 0 Å². The molecule has 2 aliphatic rings. The molecule has 0 aromatic carbocycles. The lowest BCUT2D eigenvalue weighted by molar-refractivity contribution is -0.0691. The van der Waals surface area contributed by atoms with Gasteiger partial charge in [0.2, 0.25) is 0 Å². The van der Waals surface area contributed by atoms with E-state index < -0.39 is 0 Å². The van der Waals surface area contributed by atoms with Crippen LogP contribution in [0.1, 0.15) is 39.5 Å². The lowest BCUT2D eigenvalue weighted by Crippen LogP contribution is -2.59. The average molecular weight is 242 g/mol. The third-order valence-electron chi connectivity index (χ3n) is 3.94. The van der Waals surface area contributed by atoms with E-state index in [1.807, 2.05) is 0 Å². The first-order chi connectivity index (χ1) is 8.13. The standard InChI is InChI=1S/C13H26N2O2/c1-10-6-13(9-14,7-11(2)17-10)15-8-12-4-3-5-16-12/h10-12,15H,3-9,14H2,1-2H3. The first-order valence-corrected chi connectivity index (χ1v) is 6.86. The van der Waals surface area contributed by atoms with Gasteiger partial charge in [0.15, 0.2) is 0 Å². The molecule has 4 heteroatoms. The van der Waals surface area contributed by atoms with E-state index in [1.54, 1.807) is 0 Å². The van der Waals surface area contributed by atoms with Gasteiger partial charge in [-0.25, -0.2) is 0 Å². The molecular formula is C13H26N2O2. The Morgan fingerprint density at radius 1 is 1.29 bits per heavy atom. The van der Waals surface area contributed by atoms with Crippen molar-refractivity contribution in [2.75, 3.05) is 19.7 Å². The molecule has 0 amide bonds. The minimum Gasteiger partial charge on any atom is -0.377 e. The molecule has 3 unspecified atom stereocenters. The Hall–Kier alpha value is -0.160. The van der Waals surface area contributed by atoms with Crippen molar-refractivity contribution in [2.24, 2.45) is 5.73 Å². The van der Waals surface area contributed by atoms with E-state index in [-0.39, 0.29) is 5.54 Å². The van der Waals surface area contributed by atoms with Crippen LogP contribution >= 0.6 is 0 Å². The summed E-state index contributed by atoms with van der Waals surface area (Å²) in [4.78, 5) is 0. The van der Waals surface area contributed by atoms with Crippen LogP contribution in [0, 0.1) is 0 Å². The maximum atomic E-state index is 5.99. The van der Waals surface area contributed by atoms with Gasteiger partial charge in [-0.2, -0.15) is 0 Å². The van der Waals surface area contributed by atoms with Crippen LogP contribution in [0.5, 0.6) is 0 Å². The first kappa shape index (κ1) is 13.3. The van der Waals surface area contributed by atoms with E-state index in [4.69, 9.17) is 15.2 Å². The maximum Gasteiger partial charge on any atom is 0.0700 e. The smallest absolute Gasteiger partial charge is 0.0700 e. The fourth-order valence-corrected chi connectivity index (χ4v) is 3.20. The number of rotatable bonds is 4. The molecule has 2 fully saturated rings. The van der Waals surface area contributed by atoms with Crippen LogP contribution in [-0.4, -0.2) is 43.5 Å². The molecule has 3 N–H and O–H groups in total. The zero-order valence-electron chi connectivity index (χ0n) is 11.1. The molecule has 0 aromatic rings. The highest BCUT2D eigenvalue weighted by Crippen LogP contribution is 2.28. The highest BCUT2D eigenvalue weighted by atomic mass is 16.5. The summed E-state index contributed by atoms with van der Waals surface area (Å²) < 4.78 is 11.4. The Morgan fingerprint density at radius 3 is 2.53 bits per heavy atom. The van der Waals surface area contributed by atoms with Crippen LogP contribution in [-0.2, 0) is 9.47 Å². The second-order valence-corrected chi connectivity index (χ2v) is 5.67. The van der Waals surface area contributed by atoms with Gasteiger partial charge >= 0.3 is 0 Å². The van der Waals surface area contributed by atoms with Crippen LogP contribution in [0.25, 0.3) is 0 Å². The number of hydrogen-bond acceptors (Lipinski definition) is 4. The van der Waals surface area contributed by atoms with Crippen LogP contribution in [0.15, 0.2) is 0 Å². The van der Waals surface area contributed by atoms with Crippen molar-refractivity contribution in [3.8, 4) is 0 Å². The van der Waals surface area contributed by atoms with Gasteiger partial charge in [0.25, 0.3) is 0 Å². The van der Waals surface area contributed by atoms with Crippen molar-refractivity contribution in [1.29, 1.82) is 0 Å². The van der Waals surface area contributed by atoms with Crippen LogP contribution < -0.4 is 11.1 Å². The molecule has 2 saturated heterocycles. The van der Waals surface area contributed by atoms with Crippen molar-refractivity contribution in [1.82, 2.24) is 5.32 Å². The van der Waals surface area contributed by atoms with Gasteiger partial charge in [0.05, 0.1) is 18.3 Å². The Morgan fingerprint density at radius 2 is 2.00 bits per heavy atom. The van der Waals surface area contributed by atoms with Gasteiger partial charge in [0.1, 0.15) is 0 Å². The van der Waals surface area contributed by atoms with Gasteiger partial charge in [-0.15, -0.1) is 0 Å². The molecule has 2 aliphatic heterocycles. The monoisotopic (exact) mass is 242 g/mol. The summed E-state index contributed by atoms with van der Waals surface area (Å²) >= 11 is 0. The summed E-state index contributed by atoms with van der Waals surface area (Å²) in [6, 6.07) is 0. The third kappa shape index (κ3) is 3.41. The minimum absolute atomic E-state index is 0.0447. The second kappa shape index (κ2) is 5.65. The molecule has 0 spiro atoms. The lowest BCUT2D eigenvalue weighted by Gasteiger charge is -2.43. The summed E-state index contributed by atoms with van der Waals surface area (Å²) in [5, 5.41) is 3.66. The maximum absolute atomic E-state index is 5.99. The van der Waals surface area contributed by atoms with Crippen molar-refractivity contribution in [3.63, 3.8) is 0 Å². The van der Waals surface area contributed by atoms with Crippen LogP contribution in [0.3, 0.4) is 0 Å². The predicted molar refractivity (Wildman–Crippen MR) is 68.0 cm³/mol. The van der Waals surface area contributed by atoms with Gasteiger partial charge in [-0.3, -0.25) is 0 Å². The molecule has 2 heterocycles. The van der Waals surface area contributed by atoms with Crippen molar-refractivity contribution < 1.29 is 9.47 Å². The molecule has 100 valence electrons. The fourth-order valence-electron chi connectivity index (χ4n) is 3.20. The van der Waals surface area contributed by atoms with E-state index in [0.717, 1.165) is 26.0 Å². The van der Waals surface area contributed by atoms with E-state index >= 15 is 0 Å². The number of hydrogen-bond donors (Lipinski definition) is 2. The fraction of sp³-hybridized carbons (Fsp3) is 1.00. The lowest BCUT2D eigenvalue weighted by atomic mass is 9.84. The summed E-state index contributed by atoms with van der Waals surface area (Å²) in [7, 11) is 0. The summed E-state index contributed by atoms with van der Waals surface area (Å²) in [6.07, 6.45) is 5.33. The van der Waals surface area contributed by atoms with Gasteiger partial charge < -0.3 is 20.5 Å². The molecule has 0 aliphatic carbocycles. The zero-order valence-corrected chi connectivity index (χ0v) is 11.1. The van der Waals surface area contributed by atoms with Gasteiger partial charge in [-0.05, 0) is 39.5 Å². The van der Waals surface area contributed by atoms with Gasteiger partial charge in [0, 0.05) is 25.2 Å². The molecule has 17 heavy (non-hydrogen) atoms. The first-order valence-electron chi connectivity index (χ1n) is 6.86. The molecule has 0 bridgehead atoms. The van der Waals surface area contributed by atoms with Gasteiger partial charge in [-0.1, -0.05) is 0 Å². The van der Waals surface area contributed by atoms with Crippen LogP contribution in [0.2, 0.25) is 0 Å². The summed E-state index contributed by atoms with van der Waals surface area (Å²) in [5.41, 5.74) is 6.03. The van der Waals surface area contributed by atoms with Crippen molar-refractivity contribution in [2.45, 2.75) is 63.4 Å². The van der Waals surface area contributed by atoms with Crippen LogP contribution in [0.4, 0.5) is 0 Å². The van der Waals surface area contributed by atoms with E-state index in [0.29, 0.717) is 24.9 Å². The molecule has 3 atom stereocenters. The number of nitrogens with two attached hydrogens (primary N) is 1. The molecular weight excluding hydrogens is 216 g/mol. The largest absolute Gasteiger partial charge is 0.377 e. The topological polar surface area (TPSA) is 56.5 Å². The summed E-state index contributed by atoms with van der Waals surface area (Å²) in [5.74, 6) is 0. The summed E-state index contributed by atoms with van der Waals surface area (Å²) in [6.45, 7) is 6.79. The quantitative estimate of drug-likeness (QED) is 0.773.